The fraction of sp³-hybridized carbons (Fsp3) is 0.182. The molecule has 0 bridgehead atoms. The second kappa shape index (κ2) is 6.21. The van der Waals surface area contributed by atoms with Crippen LogP contribution in [-0.4, -0.2) is 22.3 Å². The molecule has 0 saturated carbocycles. The van der Waals surface area contributed by atoms with Gasteiger partial charge in [0.05, 0.1) is 0 Å². The molecule has 0 aliphatic rings. The molecule has 4 nitrogen and oxygen atoms in total. The average molecular weight is 296 g/mol. The number of hydrogen-bond acceptors (Lipinski definition) is 6. The molecule has 18 heavy (non-hydrogen) atoms. The Hall–Kier alpha value is -1.05. The van der Waals surface area contributed by atoms with Crippen molar-refractivity contribution in [3.05, 3.63) is 35.4 Å². The first-order chi connectivity index (χ1) is 8.70. The number of rotatable bonds is 5. The fourth-order valence-corrected chi connectivity index (χ4v) is 3.83. The van der Waals surface area contributed by atoms with Crippen LogP contribution in [0.1, 0.15) is 11.1 Å². The van der Waals surface area contributed by atoms with Gasteiger partial charge in [0, 0.05) is 11.3 Å². The molecule has 0 aliphatic carbocycles. The molecule has 1 heterocycles. The van der Waals surface area contributed by atoms with Crippen molar-refractivity contribution in [2.24, 2.45) is 5.73 Å². The molecule has 0 spiro atoms. The molecule has 0 unspecified atom stereocenters. The van der Waals surface area contributed by atoms with Crippen LogP contribution in [0.4, 0.5) is 0 Å². The number of nitrogen functional groups attached to an aromatic ring is 1. The summed E-state index contributed by atoms with van der Waals surface area (Å²) < 4.78 is 1.91. The van der Waals surface area contributed by atoms with E-state index in [1.807, 2.05) is 30.5 Å². The number of benzene rings is 1. The highest BCUT2D eigenvalue weighted by Crippen LogP contribution is 2.30. The van der Waals surface area contributed by atoms with E-state index in [-0.39, 0.29) is 5.84 Å². The van der Waals surface area contributed by atoms with E-state index in [0.717, 1.165) is 25.6 Å². The van der Waals surface area contributed by atoms with Crippen LogP contribution in [0.5, 0.6) is 0 Å². The van der Waals surface area contributed by atoms with Crippen LogP contribution in [0.25, 0.3) is 0 Å². The van der Waals surface area contributed by atoms with Crippen molar-refractivity contribution in [1.82, 2.24) is 10.2 Å². The zero-order valence-corrected chi connectivity index (χ0v) is 12.2. The Labute approximate surface area is 118 Å². The molecule has 0 atom stereocenters. The molecule has 1 aromatic carbocycles. The summed E-state index contributed by atoms with van der Waals surface area (Å²) in [5.74, 6) is 0.854. The van der Waals surface area contributed by atoms with Crippen LogP contribution < -0.4 is 5.73 Å². The van der Waals surface area contributed by atoms with Crippen LogP contribution in [-0.2, 0) is 5.75 Å². The van der Waals surface area contributed by atoms with Crippen molar-refractivity contribution in [2.75, 3.05) is 6.26 Å². The van der Waals surface area contributed by atoms with Crippen molar-refractivity contribution >= 4 is 40.7 Å². The highest BCUT2D eigenvalue weighted by Gasteiger charge is 2.08. The number of nitrogens with one attached hydrogen (secondary N) is 1. The Balaban J connectivity index is 2.08. The normalized spacial score (nSPS) is 10.5. The molecule has 3 N–H and O–H groups in total. The maximum atomic E-state index is 7.53. The molecular weight excluding hydrogens is 284 g/mol. The lowest BCUT2D eigenvalue weighted by Gasteiger charge is -2.05. The van der Waals surface area contributed by atoms with Gasteiger partial charge in [-0.25, -0.2) is 0 Å². The lowest BCUT2D eigenvalue weighted by Crippen LogP contribution is -2.13. The van der Waals surface area contributed by atoms with Crippen LogP contribution in [0, 0.1) is 5.41 Å². The minimum Gasteiger partial charge on any atom is -0.384 e. The van der Waals surface area contributed by atoms with E-state index in [0.29, 0.717) is 0 Å². The molecule has 1 aromatic heterocycles. The second-order valence-corrected chi connectivity index (χ2v) is 6.65. The van der Waals surface area contributed by atoms with Gasteiger partial charge >= 0.3 is 0 Å². The minimum atomic E-state index is 0.105. The number of amidine groups is 1. The number of nitrogens with zero attached hydrogens (tertiary/aromatic N) is 2. The summed E-state index contributed by atoms with van der Waals surface area (Å²) in [4.78, 5) is 0. The van der Waals surface area contributed by atoms with E-state index in [1.54, 1.807) is 34.9 Å². The van der Waals surface area contributed by atoms with Gasteiger partial charge in [-0.15, -0.1) is 10.2 Å². The number of nitrogens with two attached hydrogens (primary N) is 1. The van der Waals surface area contributed by atoms with Crippen molar-refractivity contribution in [3.8, 4) is 0 Å². The van der Waals surface area contributed by atoms with Crippen LogP contribution in [0.2, 0.25) is 0 Å². The first-order valence-corrected chi connectivity index (χ1v) is 8.16. The Morgan fingerprint density at radius 2 is 2.06 bits per heavy atom. The quantitative estimate of drug-likeness (QED) is 0.504. The molecule has 94 valence electrons. The van der Waals surface area contributed by atoms with E-state index in [1.165, 1.54) is 0 Å². The Morgan fingerprint density at radius 1 is 1.33 bits per heavy atom. The molecule has 0 saturated heterocycles. The molecule has 0 aliphatic heterocycles. The van der Waals surface area contributed by atoms with Gasteiger partial charge in [0.15, 0.2) is 8.68 Å². The van der Waals surface area contributed by atoms with Crippen molar-refractivity contribution in [1.29, 1.82) is 5.41 Å². The summed E-state index contributed by atoms with van der Waals surface area (Å²) in [5.41, 5.74) is 7.40. The second-order valence-electron chi connectivity index (χ2n) is 3.40. The standard InChI is InChI=1S/C11H12N4S3/c1-16-10-14-15-11(18-10)17-6-7-4-2-3-5-8(7)9(12)13/h2-5H,6H2,1H3,(H3,12,13). The zero-order valence-electron chi connectivity index (χ0n) is 9.71. The largest absolute Gasteiger partial charge is 0.384 e. The van der Waals surface area contributed by atoms with Gasteiger partial charge < -0.3 is 5.73 Å². The molecule has 0 amide bonds. The third-order valence-electron chi connectivity index (χ3n) is 2.22. The Morgan fingerprint density at radius 3 is 2.72 bits per heavy atom. The van der Waals surface area contributed by atoms with Crippen molar-refractivity contribution < 1.29 is 0 Å². The summed E-state index contributed by atoms with van der Waals surface area (Å²) in [6.45, 7) is 0. The van der Waals surface area contributed by atoms with E-state index >= 15 is 0 Å². The highest BCUT2D eigenvalue weighted by molar-refractivity contribution is 8.02. The molecular formula is C11H12N4S3. The van der Waals surface area contributed by atoms with Gasteiger partial charge in [0.25, 0.3) is 0 Å². The first kappa shape index (κ1) is 13.4. The topological polar surface area (TPSA) is 75.7 Å². The first-order valence-electron chi connectivity index (χ1n) is 5.13. The number of thioether (sulfide) groups is 2. The number of aromatic nitrogens is 2. The highest BCUT2D eigenvalue weighted by atomic mass is 32.2. The van der Waals surface area contributed by atoms with E-state index in [9.17, 15) is 0 Å². The van der Waals surface area contributed by atoms with Crippen molar-refractivity contribution in [3.63, 3.8) is 0 Å². The fourth-order valence-electron chi connectivity index (χ4n) is 1.39. The van der Waals surface area contributed by atoms with Gasteiger partial charge in [0.2, 0.25) is 0 Å². The maximum Gasteiger partial charge on any atom is 0.175 e. The third kappa shape index (κ3) is 3.24. The predicted molar refractivity (Wildman–Crippen MR) is 78.7 cm³/mol. The molecule has 0 radical (unpaired) electrons. The van der Waals surface area contributed by atoms with E-state index < -0.39 is 0 Å². The lowest BCUT2D eigenvalue weighted by molar-refractivity contribution is 0.955. The molecule has 2 aromatic rings. The maximum absolute atomic E-state index is 7.53. The Bertz CT molecular complexity index is 553. The summed E-state index contributed by atoms with van der Waals surface area (Å²) in [5, 5.41) is 15.7. The predicted octanol–water partition coefficient (Wildman–Crippen LogP) is 2.84. The third-order valence-corrected chi connectivity index (χ3v) is 5.30. The average Bonchev–Trinajstić information content (AvgIpc) is 2.84. The SMILES string of the molecule is CSc1nnc(SCc2ccccc2C(=N)N)s1. The monoisotopic (exact) mass is 296 g/mol. The van der Waals surface area contributed by atoms with Gasteiger partial charge in [0.1, 0.15) is 5.84 Å². The van der Waals surface area contributed by atoms with Crippen LogP contribution >= 0.6 is 34.9 Å². The van der Waals surface area contributed by atoms with E-state index in [2.05, 4.69) is 10.2 Å². The van der Waals surface area contributed by atoms with Crippen LogP contribution in [0.15, 0.2) is 32.9 Å². The van der Waals surface area contributed by atoms with E-state index in [4.69, 9.17) is 11.1 Å². The summed E-state index contributed by atoms with van der Waals surface area (Å²) >= 11 is 4.80. The van der Waals surface area contributed by atoms with Gasteiger partial charge in [-0.05, 0) is 11.8 Å². The van der Waals surface area contributed by atoms with Gasteiger partial charge in [-0.3, -0.25) is 5.41 Å². The summed E-state index contributed by atoms with van der Waals surface area (Å²) in [7, 11) is 0. The molecule has 7 heteroatoms. The minimum absolute atomic E-state index is 0.105. The lowest BCUT2D eigenvalue weighted by atomic mass is 10.1. The smallest absolute Gasteiger partial charge is 0.175 e. The molecule has 2 rings (SSSR count). The molecule has 0 fully saturated rings. The summed E-state index contributed by atoms with van der Waals surface area (Å²) in [6, 6.07) is 7.70. The van der Waals surface area contributed by atoms with Crippen LogP contribution in [0.3, 0.4) is 0 Å². The van der Waals surface area contributed by atoms with Gasteiger partial charge in [-0.1, -0.05) is 59.1 Å². The zero-order chi connectivity index (χ0) is 13.0. The number of hydrogen-bond donors (Lipinski definition) is 2. The van der Waals surface area contributed by atoms with Gasteiger partial charge in [-0.2, -0.15) is 0 Å². The summed E-state index contributed by atoms with van der Waals surface area (Å²) in [6.07, 6.45) is 1.99. The van der Waals surface area contributed by atoms with Crippen molar-refractivity contribution in [2.45, 2.75) is 14.4 Å². The Kier molecular flexibility index (Phi) is 4.62.